The van der Waals surface area contributed by atoms with Crippen molar-refractivity contribution in [3.63, 3.8) is 0 Å². The molecular formula is C16H24N2O. The number of aliphatic hydroxyl groups is 1. The molecule has 2 aliphatic carbocycles. The van der Waals surface area contributed by atoms with E-state index in [-0.39, 0.29) is 12.1 Å². The molecule has 0 spiro atoms. The van der Waals surface area contributed by atoms with Gasteiger partial charge in [-0.15, -0.1) is 0 Å². The van der Waals surface area contributed by atoms with Crippen LogP contribution in [-0.4, -0.2) is 17.3 Å². The van der Waals surface area contributed by atoms with Crippen LogP contribution in [-0.2, 0) is 6.42 Å². The zero-order chi connectivity index (χ0) is 13.2. The lowest BCUT2D eigenvalue weighted by molar-refractivity contribution is 0.113. The number of fused-ring (bicyclic) bond motifs is 1. The highest BCUT2D eigenvalue weighted by Crippen LogP contribution is 2.33. The van der Waals surface area contributed by atoms with E-state index < -0.39 is 0 Å². The van der Waals surface area contributed by atoms with Gasteiger partial charge in [0.1, 0.15) is 0 Å². The van der Waals surface area contributed by atoms with Crippen LogP contribution < -0.4 is 11.1 Å². The molecule has 19 heavy (non-hydrogen) atoms. The van der Waals surface area contributed by atoms with Gasteiger partial charge in [-0.3, -0.25) is 0 Å². The number of nitrogens with two attached hydrogens (primary N) is 1. The van der Waals surface area contributed by atoms with Crippen molar-refractivity contribution in [2.24, 2.45) is 0 Å². The molecule has 0 saturated heterocycles. The molecule has 3 unspecified atom stereocenters. The Hall–Kier alpha value is -1.06. The summed E-state index contributed by atoms with van der Waals surface area (Å²) in [6.07, 6.45) is 7.74. The van der Waals surface area contributed by atoms with Crippen LogP contribution >= 0.6 is 0 Å². The zero-order valence-electron chi connectivity index (χ0n) is 11.4. The van der Waals surface area contributed by atoms with Crippen LogP contribution in [0.3, 0.4) is 0 Å². The molecule has 3 heteroatoms. The van der Waals surface area contributed by atoms with Crippen molar-refractivity contribution in [2.45, 2.75) is 63.1 Å². The molecular weight excluding hydrogens is 236 g/mol. The first-order valence-corrected chi connectivity index (χ1v) is 7.56. The summed E-state index contributed by atoms with van der Waals surface area (Å²) in [5.74, 6) is 0. The van der Waals surface area contributed by atoms with E-state index in [1.165, 1.54) is 24.0 Å². The van der Waals surface area contributed by atoms with Crippen LogP contribution in [0.15, 0.2) is 18.2 Å². The molecule has 1 fully saturated rings. The lowest BCUT2D eigenvalue weighted by Gasteiger charge is -2.26. The summed E-state index contributed by atoms with van der Waals surface area (Å²) in [6, 6.07) is 6.89. The first kappa shape index (κ1) is 12.9. The summed E-state index contributed by atoms with van der Waals surface area (Å²) in [6.45, 7) is 0. The van der Waals surface area contributed by atoms with E-state index in [4.69, 9.17) is 5.73 Å². The fourth-order valence-corrected chi connectivity index (χ4v) is 3.55. The number of aryl methyl sites for hydroxylation is 1. The summed E-state index contributed by atoms with van der Waals surface area (Å²) < 4.78 is 0. The summed E-state index contributed by atoms with van der Waals surface area (Å²) in [7, 11) is 0. The minimum Gasteiger partial charge on any atom is -0.399 e. The maximum Gasteiger partial charge on any atom is 0.0693 e. The molecule has 3 rings (SSSR count). The Balaban J connectivity index is 1.71. The maximum atomic E-state index is 10.2. The number of aliphatic hydroxyl groups excluding tert-OH is 1. The topological polar surface area (TPSA) is 58.3 Å². The van der Waals surface area contributed by atoms with Crippen LogP contribution in [0.25, 0.3) is 0 Å². The molecule has 1 saturated carbocycles. The summed E-state index contributed by atoms with van der Waals surface area (Å²) >= 11 is 0. The summed E-state index contributed by atoms with van der Waals surface area (Å²) in [5, 5.41) is 13.9. The van der Waals surface area contributed by atoms with Gasteiger partial charge < -0.3 is 16.2 Å². The third-order valence-electron chi connectivity index (χ3n) is 4.64. The Labute approximate surface area is 115 Å². The lowest BCUT2D eigenvalue weighted by Crippen LogP contribution is -2.40. The van der Waals surface area contributed by atoms with Gasteiger partial charge in [0.25, 0.3) is 0 Å². The van der Waals surface area contributed by atoms with Crippen molar-refractivity contribution in [2.75, 3.05) is 5.73 Å². The van der Waals surface area contributed by atoms with Gasteiger partial charge in [0.05, 0.1) is 6.10 Å². The highest BCUT2D eigenvalue weighted by atomic mass is 16.3. The van der Waals surface area contributed by atoms with E-state index in [9.17, 15) is 5.11 Å². The second-order valence-electron chi connectivity index (χ2n) is 6.03. The monoisotopic (exact) mass is 260 g/mol. The minimum atomic E-state index is -0.180. The molecule has 4 N–H and O–H groups in total. The summed E-state index contributed by atoms with van der Waals surface area (Å²) in [4.78, 5) is 0. The fraction of sp³-hybridized carbons (Fsp3) is 0.625. The predicted molar refractivity (Wildman–Crippen MR) is 77.9 cm³/mol. The van der Waals surface area contributed by atoms with Crippen LogP contribution in [0.4, 0.5) is 5.69 Å². The third kappa shape index (κ3) is 2.77. The van der Waals surface area contributed by atoms with Crippen LogP contribution in [0.5, 0.6) is 0 Å². The van der Waals surface area contributed by atoms with E-state index in [0.717, 1.165) is 37.8 Å². The van der Waals surface area contributed by atoms with Crippen LogP contribution in [0, 0.1) is 0 Å². The van der Waals surface area contributed by atoms with Crippen molar-refractivity contribution in [1.82, 2.24) is 5.32 Å². The van der Waals surface area contributed by atoms with Gasteiger partial charge in [0, 0.05) is 17.8 Å². The van der Waals surface area contributed by atoms with Gasteiger partial charge in [-0.1, -0.05) is 25.3 Å². The Morgan fingerprint density at radius 1 is 1.11 bits per heavy atom. The molecule has 1 aromatic carbocycles. The van der Waals surface area contributed by atoms with Crippen molar-refractivity contribution in [3.8, 4) is 0 Å². The van der Waals surface area contributed by atoms with Crippen molar-refractivity contribution in [1.29, 1.82) is 0 Å². The predicted octanol–water partition coefficient (Wildman–Crippen LogP) is 2.54. The van der Waals surface area contributed by atoms with Gasteiger partial charge in [-0.2, -0.15) is 0 Å². The average Bonchev–Trinajstić information content (AvgIpc) is 2.67. The van der Waals surface area contributed by atoms with E-state index in [1.807, 2.05) is 6.07 Å². The van der Waals surface area contributed by atoms with Gasteiger partial charge in [-0.25, -0.2) is 0 Å². The first-order valence-electron chi connectivity index (χ1n) is 7.56. The van der Waals surface area contributed by atoms with Gasteiger partial charge in [0.15, 0.2) is 0 Å². The molecule has 0 aliphatic heterocycles. The van der Waals surface area contributed by atoms with E-state index in [1.54, 1.807) is 0 Å². The van der Waals surface area contributed by atoms with Gasteiger partial charge >= 0.3 is 0 Å². The molecule has 3 atom stereocenters. The van der Waals surface area contributed by atoms with E-state index in [0.29, 0.717) is 6.04 Å². The summed E-state index contributed by atoms with van der Waals surface area (Å²) in [5.41, 5.74) is 9.45. The molecule has 0 bridgehead atoms. The first-order chi connectivity index (χ1) is 9.24. The van der Waals surface area contributed by atoms with Gasteiger partial charge in [0.2, 0.25) is 0 Å². The lowest BCUT2D eigenvalue weighted by atomic mass is 10.0. The molecule has 0 radical (unpaired) electrons. The van der Waals surface area contributed by atoms with Crippen LogP contribution in [0.1, 0.15) is 55.7 Å². The number of hydrogen-bond donors (Lipinski definition) is 3. The SMILES string of the molecule is Nc1ccc2c(c1)CCC2NC1CCCCCC1O. The molecule has 2 aliphatic rings. The maximum absolute atomic E-state index is 10.2. The van der Waals surface area contributed by atoms with Crippen molar-refractivity contribution < 1.29 is 5.11 Å². The molecule has 1 aromatic rings. The number of hydrogen-bond acceptors (Lipinski definition) is 3. The number of benzene rings is 1. The molecule has 0 amide bonds. The fourth-order valence-electron chi connectivity index (χ4n) is 3.55. The zero-order valence-corrected chi connectivity index (χ0v) is 11.4. The second kappa shape index (κ2) is 5.51. The molecule has 0 heterocycles. The average molecular weight is 260 g/mol. The van der Waals surface area contributed by atoms with Crippen LogP contribution in [0.2, 0.25) is 0 Å². The highest BCUT2D eigenvalue weighted by molar-refractivity contribution is 5.47. The Morgan fingerprint density at radius 2 is 1.95 bits per heavy atom. The Kier molecular flexibility index (Phi) is 3.76. The minimum absolute atomic E-state index is 0.180. The quantitative estimate of drug-likeness (QED) is 0.566. The van der Waals surface area contributed by atoms with Gasteiger partial charge in [-0.05, 0) is 48.9 Å². The number of anilines is 1. The number of nitrogens with one attached hydrogen (secondary N) is 1. The van der Waals surface area contributed by atoms with E-state index >= 15 is 0 Å². The molecule has 104 valence electrons. The van der Waals surface area contributed by atoms with E-state index in [2.05, 4.69) is 17.4 Å². The number of nitrogen functional groups attached to an aromatic ring is 1. The highest BCUT2D eigenvalue weighted by Gasteiger charge is 2.28. The smallest absolute Gasteiger partial charge is 0.0693 e. The Morgan fingerprint density at radius 3 is 2.84 bits per heavy atom. The largest absolute Gasteiger partial charge is 0.399 e. The molecule has 0 aromatic heterocycles. The number of rotatable bonds is 2. The third-order valence-corrected chi connectivity index (χ3v) is 4.64. The molecule has 3 nitrogen and oxygen atoms in total. The second-order valence-corrected chi connectivity index (χ2v) is 6.03. The van der Waals surface area contributed by atoms with Crippen molar-refractivity contribution in [3.05, 3.63) is 29.3 Å². The standard InChI is InChI=1S/C16H24N2O/c17-12-7-8-13-11(10-12)6-9-14(13)18-15-4-2-1-3-5-16(15)19/h7-8,10,14-16,18-19H,1-6,9,17H2. The Bertz CT molecular complexity index is 446. The normalized spacial score (nSPS) is 30.9. The van der Waals surface area contributed by atoms with Crippen molar-refractivity contribution >= 4 is 5.69 Å².